The topological polar surface area (TPSA) is 62.8 Å². The number of benzene rings is 1. The van der Waals surface area contributed by atoms with E-state index in [0.29, 0.717) is 6.04 Å². The van der Waals surface area contributed by atoms with E-state index in [0.717, 1.165) is 37.4 Å². The summed E-state index contributed by atoms with van der Waals surface area (Å²) in [5.41, 5.74) is 2.84. The second kappa shape index (κ2) is 6.05. The first-order chi connectivity index (χ1) is 9.86. The van der Waals surface area contributed by atoms with Gasteiger partial charge in [0.1, 0.15) is 17.9 Å². The molecule has 0 fully saturated rings. The summed E-state index contributed by atoms with van der Waals surface area (Å²) in [4.78, 5) is 4.13. The van der Waals surface area contributed by atoms with Crippen molar-refractivity contribution < 1.29 is 4.74 Å². The number of methoxy groups -OCH3 is 1. The summed E-state index contributed by atoms with van der Waals surface area (Å²) in [7, 11) is 1.72. The SMILES string of the molecule is COc1ccc2c(c1)C(NCCCc1ncn[nH]1)CC2. The van der Waals surface area contributed by atoms with Crippen molar-refractivity contribution >= 4 is 0 Å². The molecule has 0 radical (unpaired) electrons. The summed E-state index contributed by atoms with van der Waals surface area (Å²) in [5.74, 6) is 1.90. The Labute approximate surface area is 118 Å². The summed E-state index contributed by atoms with van der Waals surface area (Å²) in [6.45, 7) is 0.988. The quantitative estimate of drug-likeness (QED) is 0.790. The first-order valence-electron chi connectivity index (χ1n) is 7.11. The van der Waals surface area contributed by atoms with Gasteiger partial charge in [-0.15, -0.1) is 0 Å². The van der Waals surface area contributed by atoms with E-state index in [1.54, 1.807) is 13.4 Å². The van der Waals surface area contributed by atoms with Gasteiger partial charge in [-0.05, 0) is 49.1 Å². The molecule has 1 aliphatic rings. The smallest absolute Gasteiger partial charge is 0.137 e. The van der Waals surface area contributed by atoms with Gasteiger partial charge in [0.25, 0.3) is 0 Å². The van der Waals surface area contributed by atoms with E-state index in [9.17, 15) is 0 Å². The Kier molecular flexibility index (Phi) is 3.97. The second-order valence-corrected chi connectivity index (χ2v) is 5.15. The molecule has 1 aromatic carbocycles. The minimum absolute atomic E-state index is 0.454. The fourth-order valence-corrected chi connectivity index (χ4v) is 2.80. The van der Waals surface area contributed by atoms with Crippen molar-refractivity contribution in [3.8, 4) is 5.75 Å². The largest absolute Gasteiger partial charge is 0.497 e. The zero-order valence-corrected chi connectivity index (χ0v) is 11.7. The molecule has 2 aromatic rings. The van der Waals surface area contributed by atoms with Gasteiger partial charge in [-0.25, -0.2) is 4.98 Å². The minimum Gasteiger partial charge on any atom is -0.497 e. The van der Waals surface area contributed by atoms with Gasteiger partial charge in [-0.3, -0.25) is 5.10 Å². The number of hydrogen-bond acceptors (Lipinski definition) is 4. The molecule has 1 heterocycles. The van der Waals surface area contributed by atoms with Gasteiger partial charge in [-0.1, -0.05) is 6.07 Å². The Morgan fingerprint density at radius 3 is 3.20 bits per heavy atom. The minimum atomic E-state index is 0.454. The van der Waals surface area contributed by atoms with Crippen LogP contribution in [-0.2, 0) is 12.8 Å². The van der Waals surface area contributed by atoms with Crippen LogP contribution < -0.4 is 10.1 Å². The van der Waals surface area contributed by atoms with E-state index in [-0.39, 0.29) is 0 Å². The molecule has 20 heavy (non-hydrogen) atoms. The number of hydrogen-bond donors (Lipinski definition) is 2. The number of ether oxygens (including phenoxy) is 1. The highest BCUT2D eigenvalue weighted by molar-refractivity contribution is 5.40. The molecule has 1 atom stereocenters. The summed E-state index contributed by atoms with van der Waals surface area (Å²) >= 11 is 0. The van der Waals surface area contributed by atoms with Crippen LogP contribution in [-0.4, -0.2) is 28.8 Å². The molecule has 1 unspecified atom stereocenters. The van der Waals surface area contributed by atoms with E-state index in [1.165, 1.54) is 17.5 Å². The summed E-state index contributed by atoms with van der Waals surface area (Å²) in [6, 6.07) is 6.85. The van der Waals surface area contributed by atoms with Crippen LogP contribution in [0.3, 0.4) is 0 Å². The first kappa shape index (κ1) is 13.1. The molecular formula is C15H20N4O. The Morgan fingerprint density at radius 2 is 2.40 bits per heavy atom. The van der Waals surface area contributed by atoms with Gasteiger partial charge >= 0.3 is 0 Å². The van der Waals surface area contributed by atoms with Crippen molar-refractivity contribution in [3.63, 3.8) is 0 Å². The van der Waals surface area contributed by atoms with E-state index >= 15 is 0 Å². The zero-order valence-electron chi connectivity index (χ0n) is 11.7. The van der Waals surface area contributed by atoms with Gasteiger partial charge in [0.2, 0.25) is 0 Å². The van der Waals surface area contributed by atoms with Crippen LogP contribution in [0.25, 0.3) is 0 Å². The lowest BCUT2D eigenvalue weighted by Gasteiger charge is -2.14. The molecule has 0 spiro atoms. The maximum Gasteiger partial charge on any atom is 0.137 e. The first-order valence-corrected chi connectivity index (χ1v) is 7.11. The summed E-state index contributed by atoms with van der Waals surface area (Å²) < 4.78 is 5.32. The van der Waals surface area contributed by atoms with Gasteiger partial charge in [0.15, 0.2) is 0 Å². The number of nitrogens with zero attached hydrogens (tertiary/aromatic N) is 2. The highest BCUT2D eigenvalue weighted by atomic mass is 16.5. The van der Waals surface area contributed by atoms with E-state index in [4.69, 9.17) is 4.74 Å². The van der Waals surface area contributed by atoms with Crippen LogP contribution in [0.5, 0.6) is 5.75 Å². The van der Waals surface area contributed by atoms with E-state index < -0.39 is 0 Å². The average molecular weight is 272 g/mol. The average Bonchev–Trinajstić information content (AvgIpc) is 3.13. The Hall–Kier alpha value is -1.88. The highest BCUT2D eigenvalue weighted by Crippen LogP contribution is 2.33. The van der Waals surface area contributed by atoms with Crippen molar-refractivity contribution in [2.45, 2.75) is 31.7 Å². The van der Waals surface area contributed by atoms with Crippen LogP contribution in [0.2, 0.25) is 0 Å². The van der Waals surface area contributed by atoms with Crippen LogP contribution in [0.15, 0.2) is 24.5 Å². The molecule has 5 nitrogen and oxygen atoms in total. The maximum atomic E-state index is 5.32. The van der Waals surface area contributed by atoms with Crippen molar-refractivity contribution in [1.82, 2.24) is 20.5 Å². The molecular weight excluding hydrogens is 252 g/mol. The van der Waals surface area contributed by atoms with Crippen molar-refractivity contribution in [2.24, 2.45) is 0 Å². The lowest BCUT2D eigenvalue weighted by Crippen LogP contribution is -2.21. The fourth-order valence-electron chi connectivity index (χ4n) is 2.80. The van der Waals surface area contributed by atoms with E-state index in [1.807, 2.05) is 6.07 Å². The number of aromatic amines is 1. The van der Waals surface area contributed by atoms with Crippen LogP contribution >= 0.6 is 0 Å². The third-order valence-electron chi connectivity index (χ3n) is 3.88. The highest BCUT2D eigenvalue weighted by Gasteiger charge is 2.22. The van der Waals surface area contributed by atoms with Crippen LogP contribution in [0.4, 0.5) is 0 Å². The predicted octanol–water partition coefficient (Wildman–Crippen LogP) is 2.02. The number of aryl methyl sites for hydroxylation is 2. The van der Waals surface area contributed by atoms with Crippen LogP contribution in [0, 0.1) is 0 Å². The molecule has 1 aliphatic carbocycles. The van der Waals surface area contributed by atoms with Crippen molar-refractivity contribution in [1.29, 1.82) is 0 Å². The Morgan fingerprint density at radius 1 is 1.45 bits per heavy atom. The van der Waals surface area contributed by atoms with Gasteiger partial charge in [0, 0.05) is 12.5 Å². The molecule has 1 aromatic heterocycles. The number of nitrogens with one attached hydrogen (secondary N) is 2. The predicted molar refractivity (Wildman–Crippen MR) is 76.8 cm³/mol. The monoisotopic (exact) mass is 272 g/mol. The van der Waals surface area contributed by atoms with E-state index in [2.05, 4.69) is 32.6 Å². The van der Waals surface area contributed by atoms with Crippen molar-refractivity contribution in [2.75, 3.05) is 13.7 Å². The third-order valence-corrected chi connectivity index (χ3v) is 3.88. The molecule has 106 valence electrons. The fraction of sp³-hybridized carbons (Fsp3) is 0.467. The number of H-pyrrole nitrogens is 1. The Balaban J connectivity index is 1.52. The molecule has 0 amide bonds. The summed E-state index contributed by atoms with van der Waals surface area (Å²) in [5, 5.41) is 10.4. The van der Waals surface area contributed by atoms with Crippen LogP contribution in [0.1, 0.15) is 35.8 Å². The number of aromatic nitrogens is 3. The maximum absolute atomic E-state index is 5.32. The molecule has 5 heteroatoms. The second-order valence-electron chi connectivity index (χ2n) is 5.15. The van der Waals surface area contributed by atoms with Crippen molar-refractivity contribution in [3.05, 3.63) is 41.5 Å². The molecule has 0 aliphatic heterocycles. The molecule has 2 N–H and O–H groups in total. The normalized spacial score (nSPS) is 17.1. The number of rotatable bonds is 6. The third kappa shape index (κ3) is 2.82. The Bertz CT molecular complexity index is 553. The molecule has 0 bridgehead atoms. The zero-order chi connectivity index (χ0) is 13.8. The molecule has 3 rings (SSSR count). The standard InChI is InChI=1S/C15H20N4O/c1-20-12-6-4-11-5-7-14(13(11)9-12)16-8-2-3-15-17-10-18-19-15/h4,6,9-10,14,16H,2-3,5,7-8H2,1H3,(H,17,18,19). The van der Waals surface area contributed by atoms with Gasteiger partial charge in [0.05, 0.1) is 7.11 Å². The van der Waals surface area contributed by atoms with Gasteiger partial charge in [-0.2, -0.15) is 5.10 Å². The summed E-state index contributed by atoms with van der Waals surface area (Å²) in [6.07, 6.45) is 5.88. The molecule has 0 saturated carbocycles. The number of fused-ring (bicyclic) bond motifs is 1. The molecule has 0 saturated heterocycles. The lowest BCUT2D eigenvalue weighted by atomic mass is 10.1. The van der Waals surface area contributed by atoms with Gasteiger partial charge < -0.3 is 10.1 Å². The lowest BCUT2D eigenvalue weighted by molar-refractivity contribution is 0.413.